The Morgan fingerprint density at radius 2 is 2.19 bits per heavy atom. The summed E-state index contributed by atoms with van der Waals surface area (Å²) in [6, 6.07) is 5.95. The lowest BCUT2D eigenvalue weighted by atomic mass is 9.94. The zero-order chi connectivity index (χ0) is 17.8. The second-order valence-electron chi connectivity index (χ2n) is 6.62. The largest absolute Gasteiger partial charge is 0.323 e. The van der Waals surface area contributed by atoms with E-state index in [1.165, 1.54) is 11.3 Å². The first kappa shape index (κ1) is 17.1. The standard InChI is InChI=1S/C19H22N6S/c1-14-4-2-6-17(23-14)24-19-18(21-7-8-22-19)15-5-3-9-25(11-15)12-16-10-20-13-26-16/h2,4,6-8,10,13,15H,3,5,9,11-12H2,1H3,(H,22,23,24). The van der Waals surface area contributed by atoms with Crippen molar-refractivity contribution in [3.05, 3.63) is 58.6 Å². The third-order valence-corrected chi connectivity index (χ3v) is 5.38. The number of piperidine rings is 1. The average molecular weight is 366 g/mol. The molecule has 0 saturated carbocycles. The van der Waals surface area contributed by atoms with Crippen LogP contribution in [-0.4, -0.2) is 37.9 Å². The first-order valence-electron chi connectivity index (χ1n) is 8.89. The zero-order valence-corrected chi connectivity index (χ0v) is 15.6. The quantitative estimate of drug-likeness (QED) is 0.742. The van der Waals surface area contributed by atoms with E-state index >= 15 is 0 Å². The zero-order valence-electron chi connectivity index (χ0n) is 14.8. The molecule has 0 amide bonds. The molecule has 1 unspecified atom stereocenters. The van der Waals surface area contributed by atoms with Crippen molar-refractivity contribution >= 4 is 23.0 Å². The van der Waals surface area contributed by atoms with Crippen molar-refractivity contribution in [2.75, 3.05) is 18.4 Å². The molecule has 1 aliphatic heterocycles. The van der Waals surface area contributed by atoms with Crippen molar-refractivity contribution in [2.45, 2.75) is 32.2 Å². The molecule has 1 N–H and O–H groups in total. The molecular formula is C19H22N6S. The number of hydrogen-bond donors (Lipinski definition) is 1. The number of aryl methyl sites for hydroxylation is 1. The normalized spacial score (nSPS) is 18.0. The first-order valence-corrected chi connectivity index (χ1v) is 9.77. The van der Waals surface area contributed by atoms with Crippen LogP contribution in [0.25, 0.3) is 0 Å². The molecule has 4 heterocycles. The van der Waals surface area contributed by atoms with E-state index in [2.05, 4.69) is 30.2 Å². The Kier molecular flexibility index (Phi) is 5.17. The summed E-state index contributed by atoms with van der Waals surface area (Å²) in [6.45, 7) is 5.06. The van der Waals surface area contributed by atoms with E-state index in [0.29, 0.717) is 5.92 Å². The molecule has 1 fully saturated rings. The van der Waals surface area contributed by atoms with Gasteiger partial charge in [-0.05, 0) is 38.4 Å². The Hall–Kier alpha value is -2.38. The third-order valence-electron chi connectivity index (χ3n) is 4.62. The summed E-state index contributed by atoms with van der Waals surface area (Å²) in [5, 5.41) is 3.36. The summed E-state index contributed by atoms with van der Waals surface area (Å²) >= 11 is 1.72. The molecule has 6 nitrogen and oxygen atoms in total. The SMILES string of the molecule is Cc1cccc(Nc2nccnc2C2CCCN(Cc3cncs3)C2)n1. The minimum absolute atomic E-state index is 0.373. The van der Waals surface area contributed by atoms with Crippen LogP contribution in [0.4, 0.5) is 11.6 Å². The van der Waals surface area contributed by atoms with Crippen molar-refractivity contribution in [3.8, 4) is 0 Å². The van der Waals surface area contributed by atoms with Gasteiger partial charge in [0.05, 0.1) is 11.2 Å². The van der Waals surface area contributed by atoms with Crippen molar-refractivity contribution in [3.63, 3.8) is 0 Å². The van der Waals surface area contributed by atoms with E-state index in [4.69, 9.17) is 0 Å². The molecule has 0 aromatic carbocycles. The van der Waals surface area contributed by atoms with Crippen LogP contribution in [0.2, 0.25) is 0 Å². The number of anilines is 2. The van der Waals surface area contributed by atoms with Crippen LogP contribution >= 0.6 is 11.3 Å². The topological polar surface area (TPSA) is 66.8 Å². The summed E-state index contributed by atoms with van der Waals surface area (Å²) in [5.74, 6) is 2.00. The van der Waals surface area contributed by atoms with Crippen LogP contribution in [0.1, 0.15) is 35.0 Å². The number of thiazole rings is 1. The lowest BCUT2D eigenvalue weighted by Gasteiger charge is -2.32. The molecule has 1 aliphatic rings. The van der Waals surface area contributed by atoms with Gasteiger partial charge in [-0.15, -0.1) is 11.3 Å². The Morgan fingerprint density at radius 1 is 1.27 bits per heavy atom. The maximum Gasteiger partial charge on any atom is 0.153 e. The minimum atomic E-state index is 0.373. The summed E-state index contributed by atoms with van der Waals surface area (Å²) in [7, 11) is 0. The molecular weight excluding hydrogens is 344 g/mol. The third kappa shape index (κ3) is 4.05. The fourth-order valence-electron chi connectivity index (χ4n) is 3.44. The van der Waals surface area contributed by atoms with Gasteiger partial charge in [-0.3, -0.25) is 14.9 Å². The number of hydrogen-bond acceptors (Lipinski definition) is 7. The van der Waals surface area contributed by atoms with Crippen molar-refractivity contribution < 1.29 is 0 Å². The van der Waals surface area contributed by atoms with E-state index in [-0.39, 0.29) is 0 Å². The predicted octanol–water partition coefficient (Wildman–Crippen LogP) is 3.76. The fraction of sp³-hybridized carbons (Fsp3) is 0.368. The van der Waals surface area contributed by atoms with Gasteiger partial charge < -0.3 is 5.32 Å². The number of rotatable bonds is 5. The molecule has 0 radical (unpaired) electrons. The molecule has 3 aromatic heterocycles. The molecule has 1 atom stereocenters. The van der Waals surface area contributed by atoms with Gasteiger partial charge in [-0.1, -0.05) is 6.07 Å². The summed E-state index contributed by atoms with van der Waals surface area (Å²) in [5.41, 5.74) is 3.91. The highest BCUT2D eigenvalue weighted by atomic mass is 32.1. The molecule has 3 aromatic rings. The summed E-state index contributed by atoms with van der Waals surface area (Å²) < 4.78 is 0. The molecule has 26 heavy (non-hydrogen) atoms. The highest BCUT2D eigenvalue weighted by molar-refractivity contribution is 7.09. The molecule has 1 saturated heterocycles. The Balaban J connectivity index is 1.51. The Bertz CT molecular complexity index is 851. The average Bonchev–Trinajstić information content (AvgIpc) is 3.15. The lowest BCUT2D eigenvalue weighted by molar-refractivity contribution is 0.200. The van der Waals surface area contributed by atoms with E-state index in [0.717, 1.165) is 49.1 Å². The summed E-state index contributed by atoms with van der Waals surface area (Å²) in [4.78, 5) is 21.7. The highest BCUT2D eigenvalue weighted by Crippen LogP contribution is 2.31. The second kappa shape index (κ2) is 7.88. The van der Waals surface area contributed by atoms with Gasteiger partial charge in [-0.2, -0.15) is 0 Å². The predicted molar refractivity (Wildman–Crippen MR) is 104 cm³/mol. The second-order valence-corrected chi connectivity index (χ2v) is 7.59. The van der Waals surface area contributed by atoms with Crippen molar-refractivity contribution in [1.82, 2.24) is 24.8 Å². The van der Waals surface area contributed by atoms with Gasteiger partial charge in [-0.25, -0.2) is 9.97 Å². The number of aromatic nitrogens is 4. The molecule has 0 bridgehead atoms. The van der Waals surface area contributed by atoms with Gasteiger partial charge in [0, 0.05) is 48.2 Å². The lowest BCUT2D eigenvalue weighted by Crippen LogP contribution is -2.34. The van der Waals surface area contributed by atoms with Crippen molar-refractivity contribution in [2.24, 2.45) is 0 Å². The van der Waals surface area contributed by atoms with Crippen LogP contribution in [0, 0.1) is 6.92 Å². The Labute approximate surface area is 157 Å². The molecule has 4 rings (SSSR count). The summed E-state index contributed by atoms with van der Waals surface area (Å²) in [6.07, 6.45) is 7.79. The van der Waals surface area contributed by atoms with Crippen LogP contribution < -0.4 is 5.32 Å². The fourth-order valence-corrected chi connectivity index (χ4v) is 4.08. The van der Waals surface area contributed by atoms with Gasteiger partial charge >= 0.3 is 0 Å². The van der Waals surface area contributed by atoms with E-state index in [1.807, 2.05) is 36.8 Å². The highest BCUT2D eigenvalue weighted by Gasteiger charge is 2.25. The first-order chi connectivity index (χ1) is 12.8. The van der Waals surface area contributed by atoms with Gasteiger partial charge in [0.1, 0.15) is 5.82 Å². The number of likely N-dealkylation sites (tertiary alicyclic amines) is 1. The van der Waals surface area contributed by atoms with E-state index in [1.54, 1.807) is 23.7 Å². The van der Waals surface area contributed by atoms with E-state index in [9.17, 15) is 0 Å². The number of nitrogens with zero attached hydrogens (tertiary/aromatic N) is 5. The van der Waals surface area contributed by atoms with Crippen LogP contribution in [0.15, 0.2) is 42.3 Å². The van der Waals surface area contributed by atoms with E-state index < -0.39 is 0 Å². The molecule has 7 heteroatoms. The molecule has 0 aliphatic carbocycles. The van der Waals surface area contributed by atoms with Gasteiger partial charge in [0.25, 0.3) is 0 Å². The van der Waals surface area contributed by atoms with Gasteiger partial charge in [0.15, 0.2) is 5.82 Å². The number of nitrogens with one attached hydrogen (secondary N) is 1. The van der Waals surface area contributed by atoms with Gasteiger partial charge in [0.2, 0.25) is 0 Å². The monoisotopic (exact) mass is 366 g/mol. The van der Waals surface area contributed by atoms with Crippen LogP contribution in [0.5, 0.6) is 0 Å². The van der Waals surface area contributed by atoms with Crippen molar-refractivity contribution in [1.29, 1.82) is 0 Å². The maximum atomic E-state index is 4.66. The van der Waals surface area contributed by atoms with Crippen LogP contribution in [-0.2, 0) is 6.54 Å². The Morgan fingerprint density at radius 3 is 3.04 bits per heavy atom. The molecule has 134 valence electrons. The molecule has 0 spiro atoms. The number of pyridine rings is 1. The smallest absolute Gasteiger partial charge is 0.153 e. The minimum Gasteiger partial charge on any atom is -0.323 e. The maximum absolute atomic E-state index is 4.66. The van der Waals surface area contributed by atoms with Crippen LogP contribution in [0.3, 0.4) is 0 Å².